The second kappa shape index (κ2) is 4.27. The summed E-state index contributed by atoms with van der Waals surface area (Å²) in [4.78, 5) is 0. The number of aromatic nitrogens is 1. The first-order valence-corrected chi connectivity index (χ1v) is 9.25. The normalized spacial score (nSPS) is 46.3. The van der Waals surface area contributed by atoms with Crippen LogP contribution in [0, 0.1) is 28.6 Å². The molecule has 1 aromatic heterocycles. The standard InChI is InChI=1S/C20H27NO/c1-19-8-3-4-16(19)15-6-5-14-10-18-13(12-21-22-18)11-20(14,2)17(15)7-9-19/h10,12,15-17H,3-9,11H2,1-2H3/t15?,16?,17?,19-,20-/m0/s1. The highest BCUT2D eigenvalue weighted by Crippen LogP contribution is 2.65. The topological polar surface area (TPSA) is 26.0 Å². The van der Waals surface area contributed by atoms with Crippen LogP contribution in [0.5, 0.6) is 0 Å². The molecule has 0 saturated heterocycles. The van der Waals surface area contributed by atoms with Crippen LogP contribution in [-0.4, -0.2) is 5.16 Å². The van der Waals surface area contributed by atoms with Gasteiger partial charge in [-0.15, -0.1) is 0 Å². The molecule has 0 aromatic carbocycles. The van der Waals surface area contributed by atoms with E-state index in [1.54, 1.807) is 5.57 Å². The van der Waals surface area contributed by atoms with Crippen molar-refractivity contribution >= 4 is 6.08 Å². The Balaban J connectivity index is 1.55. The number of allylic oxidation sites excluding steroid dienone is 1. The summed E-state index contributed by atoms with van der Waals surface area (Å²) in [6, 6.07) is 0. The van der Waals surface area contributed by atoms with Crippen LogP contribution in [0.25, 0.3) is 6.08 Å². The molecule has 2 nitrogen and oxygen atoms in total. The first kappa shape index (κ1) is 13.4. The highest BCUT2D eigenvalue weighted by atomic mass is 16.5. The van der Waals surface area contributed by atoms with Gasteiger partial charge in [-0.2, -0.15) is 0 Å². The van der Waals surface area contributed by atoms with Crippen molar-refractivity contribution in [2.24, 2.45) is 28.6 Å². The Morgan fingerprint density at radius 3 is 2.95 bits per heavy atom. The predicted molar refractivity (Wildman–Crippen MR) is 87.2 cm³/mol. The van der Waals surface area contributed by atoms with Crippen LogP contribution < -0.4 is 0 Å². The summed E-state index contributed by atoms with van der Waals surface area (Å²) >= 11 is 0. The van der Waals surface area contributed by atoms with Gasteiger partial charge in [-0.3, -0.25) is 0 Å². The molecule has 5 rings (SSSR count). The zero-order chi connectivity index (χ0) is 14.9. The average molecular weight is 297 g/mol. The number of nitrogens with zero attached hydrogens (tertiary/aromatic N) is 1. The summed E-state index contributed by atoms with van der Waals surface area (Å²) in [5.41, 5.74) is 4.02. The van der Waals surface area contributed by atoms with Crippen molar-refractivity contribution in [2.75, 3.05) is 0 Å². The van der Waals surface area contributed by atoms with Crippen LogP contribution in [-0.2, 0) is 6.42 Å². The van der Waals surface area contributed by atoms with Gasteiger partial charge in [-0.25, -0.2) is 0 Å². The van der Waals surface area contributed by atoms with Crippen LogP contribution in [0.4, 0.5) is 0 Å². The van der Waals surface area contributed by atoms with Gasteiger partial charge in [0.05, 0.1) is 6.20 Å². The second-order valence-corrected chi connectivity index (χ2v) is 8.98. The molecule has 4 aliphatic rings. The molecule has 1 aromatic rings. The van der Waals surface area contributed by atoms with Crippen molar-refractivity contribution < 1.29 is 4.52 Å². The van der Waals surface area contributed by atoms with Crippen molar-refractivity contribution in [1.82, 2.24) is 5.16 Å². The zero-order valence-corrected chi connectivity index (χ0v) is 13.9. The lowest BCUT2D eigenvalue weighted by Crippen LogP contribution is -2.49. The number of rotatable bonds is 0. The average Bonchev–Trinajstić information content (AvgIpc) is 3.09. The fourth-order valence-corrected chi connectivity index (χ4v) is 6.88. The SMILES string of the molecule is C[C@@]12CCCC1C1CCC3=Cc4oncc4C[C@]3(C)C1CC2. The molecule has 4 aliphatic carbocycles. The summed E-state index contributed by atoms with van der Waals surface area (Å²) in [5, 5.41) is 4.04. The smallest absolute Gasteiger partial charge is 0.162 e. The molecule has 0 radical (unpaired) electrons. The predicted octanol–water partition coefficient (Wildman–Crippen LogP) is 5.25. The second-order valence-electron chi connectivity index (χ2n) is 8.98. The lowest BCUT2D eigenvalue weighted by molar-refractivity contribution is -0.0305. The van der Waals surface area contributed by atoms with E-state index >= 15 is 0 Å². The van der Waals surface area contributed by atoms with Crippen LogP contribution in [0.1, 0.15) is 70.1 Å². The molecule has 118 valence electrons. The summed E-state index contributed by atoms with van der Waals surface area (Å²) < 4.78 is 5.44. The monoisotopic (exact) mass is 297 g/mol. The van der Waals surface area contributed by atoms with Gasteiger partial charge in [0.15, 0.2) is 5.76 Å². The molecule has 3 saturated carbocycles. The van der Waals surface area contributed by atoms with Crippen molar-refractivity contribution in [2.45, 2.75) is 65.2 Å². The molecule has 5 atom stereocenters. The molecule has 0 aliphatic heterocycles. The van der Waals surface area contributed by atoms with E-state index in [2.05, 4.69) is 25.1 Å². The Bertz CT molecular complexity index is 644. The highest BCUT2D eigenvalue weighted by Gasteiger charge is 2.56. The van der Waals surface area contributed by atoms with Crippen LogP contribution in [0.15, 0.2) is 16.3 Å². The van der Waals surface area contributed by atoms with Crippen LogP contribution in [0.2, 0.25) is 0 Å². The largest absolute Gasteiger partial charge is 0.357 e. The maximum absolute atomic E-state index is 5.44. The van der Waals surface area contributed by atoms with Gasteiger partial charge < -0.3 is 4.52 Å². The summed E-state index contributed by atoms with van der Waals surface area (Å²) in [7, 11) is 0. The molecule has 1 heterocycles. The van der Waals surface area contributed by atoms with Crippen LogP contribution >= 0.6 is 0 Å². The molecular formula is C20H27NO. The van der Waals surface area contributed by atoms with Gasteiger partial charge in [-0.05, 0) is 79.6 Å². The minimum atomic E-state index is 0.366. The minimum absolute atomic E-state index is 0.366. The summed E-state index contributed by atoms with van der Waals surface area (Å²) in [6.07, 6.45) is 15.5. The Kier molecular flexibility index (Phi) is 2.60. The molecule has 3 fully saturated rings. The maximum Gasteiger partial charge on any atom is 0.162 e. The third-order valence-electron chi connectivity index (χ3n) is 8.06. The van der Waals surface area contributed by atoms with E-state index in [9.17, 15) is 0 Å². The minimum Gasteiger partial charge on any atom is -0.357 e. The Morgan fingerprint density at radius 1 is 1.14 bits per heavy atom. The van der Waals surface area contributed by atoms with Crippen molar-refractivity contribution in [3.05, 3.63) is 23.1 Å². The Labute approximate surface area is 133 Å². The van der Waals surface area contributed by atoms with E-state index in [1.807, 2.05) is 6.20 Å². The van der Waals surface area contributed by atoms with Crippen molar-refractivity contribution in [1.29, 1.82) is 0 Å². The Hall–Kier alpha value is -1.05. The van der Waals surface area contributed by atoms with E-state index in [0.29, 0.717) is 10.8 Å². The number of hydrogen-bond donors (Lipinski definition) is 0. The summed E-state index contributed by atoms with van der Waals surface area (Å²) in [5.74, 6) is 3.87. The third kappa shape index (κ3) is 1.59. The number of fused-ring (bicyclic) bond motifs is 6. The van der Waals surface area contributed by atoms with Gasteiger partial charge in [0.1, 0.15) is 0 Å². The first-order valence-electron chi connectivity index (χ1n) is 9.25. The van der Waals surface area contributed by atoms with E-state index in [1.165, 1.54) is 50.5 Å². The number of hydrogen-bond acceptors (Lipinski definition) is 2. The molecule has 22 heavy (non-hydrogen) atoms. The Morgan fingerprint density at radius 2 is 2.05 bits per heavy atom. The lowest BCUT2D eigenvalue weighted by Gasteiger charge is -2.57. The highest BCUT2D eigenvalue weighted by molar-refractivity contribution is 5.57. The maximum atomic E-state index is 5.44. The van der Waals surface area contributed by atoms with Gasteiger partial charge in [0.25, 0.3) is 0 Å². The molecule has 0 spiro atoms. The van der Waals surface area contributed by atoms with E-state index in [-0.39, 0.29) is 0 Å². The van der Waals surface area contributed by atoms with E-state index in [4.69, 9.17) is 4.52 Å². The third-order valence-corrected chi connectivity index (χ3v) is 8.06. The van der Waals surface area contributed by atoms with Gasteiger partial charge in [-0.1, -0.05) is 31.0 Å². The van der Waals surface area contributed by atoms with Crippen molar-refractivity contribution in [3.8, 4) is 0 Å². The molecule has 0 amide bonds. The quantitative estimate of drug-likeness (QED) is 0.654. The fraction of sp³-hybridized carbons (Fsp3) is 0.750. The molecular weight excluding hydrogens is 270 g/mol. The van der Waals surface area contributed by atoms with Gasteiger partial charge >= 0.3 is 0 Å². The fourth-order valence-electron chi connectivity index (χ4n) is 6.88. The zero-order valence-electron chi connectivity index (χ0n) is 13.9. The van der Waals surface area contributed by atoms with Gasteiger partial charge in [0, 0.05) is 5.56 Å². The van der Waals surface area contributed by atoms with E-state index in [0.717, 1.165) is 29.9 Å². The summed E-state index contributed by atoms with van der Waals surface area (Å²) in [6.45, 7) is 5.14. The first-order chi connectivity index (χ1) is 10.6. The van der Waals surface area contributed by atoms with Crippen molar-refractivity contribution in [3.63, 3.8) is 0 Å². The van der Waals surface area contributed by atoms with E-state index < -0.39 is 0 Å². The molecule has 2 heteroatoms. The van der Waals surface area contributed by atoms with Crippen LogP contribution in [0.3, 0.4) is 0 Å². The molecule has 0 N–H and O–H groups in total. The molecule has 3 unspecified atom stereocenters. The lowest BCUT2D eigenvalue weighted by atomic mass is 9.47. The van der Waals surface area contributed by atoms with Gasteiger partial charge in [0.2, 0.25) is 0 Å². The molecule has 0 bridgehead atoms.